The summed E-state index contributed by atoms with van der Waals surface area (Å²) in [7, 11) is 0. The molecule has 4 nitrogen and oxygen atoms in total. The van der Waals surface area contributed by atoms with Gasteiger partial charge in [-0.15, -0.1) is 0 Å². The second kappa shape index (κ2) is 4.67. The van der Waals surface area contributed by atoms with E-state index < -0.39 is 0 Å². The van der Waals surface area contributed by atoms with Crippen molar-refractivity contribution in [3.63, 3.8) is 0 Å². The van der Waals surface area contributed by atoms with E-state index in [0.29, 0.717) is 17.7 Å². The maximum Gasteiger partial charge on any atom is 0.254 e. The number of hydrogen-bond donors (Lipinski definition) is 0. The summed E-state index contributed by atoms with van der Waals surface area (Å²) in [6.07, 6.45) is 1.62. The minimum Gasteiger partial charge on any atom is -0.323 e. The molecule has 0 spiro atoms. The summed E-state index contributed by atoms with van der Waals surface area (Å²) in [6, 6.07) is 10.3. The topological polar surface area (TPSA) is 67.9 Å². The second-order valence-corrected chi connectivity index (χ2v) is 3.97. The van der Waals surface area contributed by atoms with Crippen LogP contribution >= 0.6 is 0 Å². The van der Waals surface area contributed by atoms with Gasteiger partial charge in [0.05, 0.1) is 17.7 Å². The third-order valence-corrected chi connectivity index (χ3v) is 2.92. The number of nitrogens with zero attached hydrogens (tertiary/aromatic N) is 3. The van der Waals surface area contributed by atoms with Crippen LogP contribution in [0.15, 0.2) is 24.3 Å². The molecule has 0 saturated carbocycles. The summed E-state index contributed by atoms with van der Waals surface area (Å²) in [6.45, 7) is 0.636. The lowest BCUT2D eigenvalue weighted by molar-refractivity contribution is 0.0765. The molecule has 1 aromatic rings. The number of rotatable bonds is 1. The maximum atomic E-state index is 12.1. The lowest BCUT2D eigenvalue weighted by Crippen LogP contribution is -2.34. The number of nitriles is 2. The lowest BCUT2D eigenvalue weighted by Gasteiger charge is -2.19. The van der Waals surface area contributed by atoms with Crippen molar-refractivity contribution >= 4 is 5.91 Å². The van der Waals surface area contributed by atoms with E-state index in [9.17, 15) is 4.79 Å². The molecule has 0 aliphatic carbocycles. The summed E-state index contributed by atoms with van der Waals surface area (Å²) >= 11 is 0. The molecule has 4 heteroatoms. The Kier molecular flexibility index (Phi) is 3.07. The van der Waals surface area contributed by atoms with E-state index in [0.717, 1.165) is 12.8 Å². The van der Waals surface area contributed by atoms with Gasteiger partial charge in [-0.3, -0.25) is 4.79 Å². The molecule has 1 atom stereocenters. The summed E-state index contributed by atoms with van der Waals surface area (Å²) in [4.78, 5) is 13.7. The predicted molar refractivity (Wildman–Crippen MR) is 60.8 cm³/mol. The molecule has 2 rings (SSSR count). The van der Waals surface area contributed by atoms with Crippen LogP contribution in [0.3, 0.4) is 0 Å². The predicted octanol–water partition coefficient (Wildman–Crippen LogP) is 1.69. The van der Waals surface area contributed by atoms with Gasteiger partial charge in [-0.25, -0.2) is 0 Å². The smallest absolute Gasteiger partial charge is 0.254 e. The molecular formula is C13H11N3O. The largest absolute Gasteiger partial charge is 0.323 e. The molecule has 0 aromatic heterocycles. The van der Waals surface area contributed by atoms with Gasteiger partial charge in [0.25, 0.3) is 5.91 Å². The molecule has 1 saturated heterocycles. The van der Waals surface area contributed by atoms with Gasteiger partial charge in [-0.05, 0) is 37.1 Å². The van der Waals surface area contributed by atoms with Crippen LogP contribution < -0.4 is 0 Å². The van der Waals surface area contributed by atoms with Crippen LogP contribution in [0.2, 0.25) is 0 Å². The van der Waals surface area contributed by atoms with E-state index >= 15 is 0 Å². The SMILES string of the molecule is N#Cc1ccc(C(=O)N2CCCC2C#N)cc1. The first-order valence-corrected chi connectivity index (χ1v) is 5.47. The molecular weight excluding hydrogens is 214 g/mol. The summed E-state index contributed by atoms with van der Waals surface area (Å²) in [5.74, 6) is -0.126. The van der Waals surface area contributed by atoms with Crippen molar-refractivity contribution in [1.29, 1.82) is 10.5 Å². The number of amides is 1. The van der Waals surface area contributed by atoms with Gasteiger partial charge < -0.3 is 4.90 Å². The minimum absolute atomic E-state index is 0.126. The molecule has 1 aliphatic rings. The molecule has 0 bridgehead atoms. The first kappa shape index (κ1) is 11.2. The fraction of sp³-hybridized carbons (Fsp3) is 0.308. The van der Waals surface area contributed by atoms with Crippen LogP contribution in [0.4, 0.5) is 0 Å². The Labute approximate surface area is 99.7 Å². The van der Waals surface area contributed by atoms with Gasteiger partial charge in [0.15, 0.2) is 0 Å². The van der Waals surface area contributed by atoms with Crippen LogP contribution in [0.5, 0.6) is 0 Å². The van der Waals surface area contributed by atoms with Gasteiger partial charge >= 0.3 is 0 Å². The summed E-state index contributed by atoms with van der Waals surface area (Å²) < 4.78 is 0. The van der Waals surface area contributed by atoms with Crippen LogP contribution in [0.1, 0.15) is 28.8 Å². The number of likely N-dealkylation sites (tertiary alicyclic amines) is 1. The summed E-state index contributed by atoms with van der Waals surface area (Å²) in [5.41, 5.74) is 1.06. The molecule has 1 unspecified atom stereocenters. The van der Waals surface area contributed by atoms with E-state index in [1.54, 1.807) is 29.2 Å². The molecule has 0 radical (unpaired) electrons. The Bertz CT molecular complexity index is 507. The fourth-order valence-corrected chi connectivity index (χ4v) is 2.00. The highest BCUT2D eigenvalue weighted by Gasteiger charge is 2.28. The van der Waals surface area contributed by atoms with E-state index in [1.807, 2.05) is 6.07 Å². The van der Waals surface area contributed by atoms with Crippen LogP contribution in [-0.4, -0.2) is 23.4 Å². The van der Waals surface area contributed by atoms with Crippen molar-refractivity contribution in [3.05, 3.63) is 35.4 Å². The van der Waals surface area contributed by atoms with Crippen molar-refractivity contribution in [2.24, 2.45) is 0 Å². The monoisotopic (exact) mass is 225 g/mol. The van der Waals surface area contributed by atoms with Gasteiger partial charge in [0.2, 0.25) is 0 Å². The highest BCUT2D eigenvalue weighted by molar-refractivity contribution is 5.94. The fourth-order valence-electron chi connectivity index (χ4n) is 2.00. The molecule has 1 heterocycles. The Morgan fingerprint density at radius 1 is 1.29 bits per heavy atom. The standard InChI is InChI=1S/C13H11N3O/c14-8-10-3-5-11(6-4-10)13(17)16-7-1-2-12(16)9-15/h3-6,12H,1-2,7H2. The Morgan fingerprint density at radius 2 is 2.00 bits per heavy atom. The van der Waals surface area contributed by atoms with Crippen molar-refractivity contribution < 1.29 is 4.79 Å². The van der Waals surface area contributed by atoms with Gasteiger partial charge in [-0.2, -0.15) is 10.5 Å². The zero-order chi connectivity index (χ0) is 12.3. The highest BCUT2D eigenvalue weighted by Crippen LogP contribution is 2.19. The first-order chi connectivity index (χ1) is 8.26. The zero-order valence-electron chi connectivity index (χ0n) is 9.26. The molecule has 1 fully saturated rings. The second-order valence-electron chi connectivity index (χ2n) is 3.97. The van der Waals surface area contributed by atoms with Gasteiger partial charge in [-0.1, -0.05) is 0 Å². The van der Waals surface area contributed by atoms with Crippen molar-refractivity contribution in [1.82, 2.24) is 4.90 Å². The van der Waals surface area contributed by atoms with Crippen LogP contribution in [0.25, 0.3) is 0 Å². The van der Waals surface area contributed by atoms with Crippen molar-refractivity contribution in [2.75, 3.05) is 6.54 Å². The third kappa shape index (κ3) is 2.11. The number of benzene rings is 1. The van der Waals surface area contributed by atoms with E-state index in [1.165, 1.54) is 0 Å². The lowest BCUT2D eigenvalue weighted by atomic mass is 10.1. The average molecular weight is 225 g/mol. The van der Waals surface area contributed by atoms with Crippen molar-refractivity contribution in [2.45, 2.75) is 18.9 Å². The number of hydrogen-bond acceptors (Lipinski definition) is 3. The maximum absolute atomic E-state index is 12.1. The highest BCUT2D eigenvalue weighted by atomic mass is 16.2. The molecule has 1 aromatic carbocycles. The molecule has 1 aliphatic heterocycles. The quantitative estimate of drug-likeness (QED) is 0.730. The average Bonchev–Trinajstić information content (AvgIpc) is 2.86. The normalized spacial score (nSPS) is 18.5. The van der Waals surface area contributed by atoms with Gasteiger partial charge in [0.1, 0.15) is 6.04 Å². The molecule has 17 heavy (non-hydrogen) atoms. The van der Waals surface area contributed by atoms with Crippen molar-refractivity contribution in [3.8, 4) is 12.1 Å². The van der Waals surface area contributed by atoms with E-state index in [-0.39, 0.29) is 11.9 Å². The van der Waals surface area contributed by atoms with Gasteiger partial charge in [0, 0.05) is 12.1 Å². The Balaban J connectivity index is 2.20. The molecule has 1 amide bonds. The van der Waals surface area contributed by atoms with E-state index in [2.05, 4.69) is 6.07 Å². The van der Waals surface area contributed by atoms with Crippen LogP contribution in [-0.2, 0) is 0 Å². The van der Waals surface area contributed by atoms with Crippen LogP contribution in [0, 0.1) is 22.7 Å². The molecule has 0 N–H and O–H groups in total. The first-order valence-electron chi connectivity index (χ1n) is 5.47. The summed E-state index contributed by atoms with van der Waals surface area (Å²) in [5, 5.41) is 17.6. The third-order valence-electron chi connectivity index (χ3n) is 2.92. The zero-order valence-corrected chi connectivity index (χ0v) is 9.26. The van der Waals surface area contributed by atoms with E-state index in [4.69, 9.17) is 10.5 Å². The Hall–Kier alpha value is -2.33. The molecule has 84 valence electrons. The number of carbonyl (C=O) groups excluding carboxylic acids is 1. The Morgan fingerprint density at radius 3 is 2.59 bits per heavy atom. The number of carbonyl (C=O) groups is 1. The minimum atomic E-state index is -0.307.